The molecule has 27 heavy (non-hydrogen) atoms. The number of rotatable bonds is 4. The van der Waals surface area contributed by atoms with Crippen LogP contribution >= 0.6 is 43.1 Å². The molecule has 11 heteroatoms. The Balaban J connectivity index is 1.94. The van der Waals surface area contributed by atoms with Gasteiger partial charge in [0, 0.05) is 0 Å². The fraction of sp³-hybridized carbons (Fsp3) is 0.688. The molecule has 0 radical (unpaired) electrons. The number of carbonyl (C=O) groups excluding carboxylic acids is 3. The second kappa shape index (κ2) is 8.17. The molecule has 0 saturated heterocycles. The quantitative estimate of drug-likeness (QED) is 0.154. The van der Waals surface area contributed by atoms with Gasteiger partial charge in [0.05, 0.1) is 0 Å². The van der Waals surface area contributed by atoms with E-state index in [0.29, 0.717) is 0 Å². The summed E-state index contributed by atoms with van der Waals surface area (Å²) in [7, 11) is 8.92. The summed E-state index contributed by atoms with van der Waals surface area (Å²) in [6.45, 7) is 0. The third-order valence-corrected chi connectivity index (χ3v) is 14.9. The molecule has 0 aromatic rings. The van der Waals surface area contributed by atoms with Gasteiger partial charge < -0.3 is 0 Å². The van der Waals surface area contributed by atoms with Crippen LogP contribution in [0.25, 0.3) is 0 Å². The number of methoxy groups -OCH3 is 2. The number of esters is 3. The van der Waals surface area contributed by atoms with Crippen LogP contribution in [0.5, 0.6) is 0 Å². The van der Waals surface area contributed by atoms with Gasteiger partial charge in [0.25, 0.3) is 0 Å². The van der Waals surface area contributed by atoms with Crippen LogP contribution in [-0.2, 0) is 51.9 Å². The Morgan fingerprint density at radius 1 is 0.926 bits per heavy atom. The molecule has 2 fully saturated rings. The zero-order valence-corrected chi connectivity index (χ0v) is 23.0. The summed E-state index contributed by atoms with van der Waals surface area (Å²) in [5.41, 5.74) is 0. The number of fused-ring (bicyclic) bond motifs is 1. The summed E-state index contributed by atoms with van der Waals surface area (Å²) in [5, 5.41) is 0. The zero-order chi connectivity index (χ0) is 20.1. The first-order chi connectivity index (χ1) is 12.7. The number of allylic oxidation sites excluding steroid dienone is 2. The van der Waals surface area contributed by atoms with E-state index in [1.54, 1.807) is 0 Å². The summed E-state index contributed by atoms with van der Waals surface area (Å²) in [4.78, 5) is 37.0. The Morgan fingerprint density at radius 3 is 1.81 bits per heavy atom. The second-order valence-electron chi connectivity index (χ2n) is 6.98. The molecule has 4 aliphatic carbocycles. The van der Waals surface area contributed by atoms with E-state index in [1.165, 1.54) is 14.2 Å². The predicted octanol–water partition coefficient (Wildman–Crippen LogP) is 2.93. The van der Waals surface area contributed by atoms with E-state index in [9.17, 15) is 14.4 Å². The van der Waals surface area contributed by atoms with Crippen molar-refractivity contribution in [1.82, 2.24) is 0 Å². The summed E-state index contributed by atoms with van der Waals surface area (Å²) in [6.07, 6.45) is 3.33. The fourth-order valence-corrected chi connectivity index (χ4v) is 14.0. The van der Waals surface area contributed by atoms with E-state index in [4.69, 9.17) is 57.3 Å². The number of hydrogen-bond donors (Lipinski definition) is 0. The molecule has 2 saturated carbocycles. The zero-order valence-electron chi connectivity index (χ0n) is 14.4. The van der Waals surface area contributed by atoms with Crippen LogP contribution in [-0.4, -0.2) is 42.0 Å². The normalized spacial score (nSPS) is 38.9. The molecular formula is C16H16Cl4HgO6. The van der Waals surface area contributed by atoms with Crippen LogP contribution in [0.1, 0.15) is 0 Å². The van der Waals surface area contributed by atoms with Gasteiger partial charge in [-0.2, -0.15) is 0 Å². The third-order valence-electron chi connectivity index (χ3n) is 6.00. The van der Waals surface area contributed by atoms with Gasteiger partial charge in [-0.25, -0.2) is 0 Å². The molecule has 146 valence electrons. The summed E-state index contributed by atoms with van der Waals surface area (Å²) < 4.78 is 13.2. The number of hydrogen-bond acceptors (Lipinski definition) is 6. The molecule has 8 atom stereocenters. The van der Waals surface area contributed by atoms with Gasteiger partial charge in [-0.05, 0) is 0 Å². The Kier molecular flexibility index (Phi) is 6.64. The second-order valence-corrected chi connectivity index (χ2v) is 16.8. The van der Waals surface area contributed by atoms with Gasteiger partial charge in [0.2, 0.25) is 0 Å². The molecule has 4 rings (SSSR count). The van der Waals surface area contributed by atoms with Gasteiger partial charge in [-0.3, -0.25) is 0 Å². The van der Waals surface area contributed by atoms with Crippen LogP contribution in [0.4, 0.5) is 0 Å². The van der Waals surface area contributed by atoms with E-state index in [-0.39, 0.29) is 27.1 Å². The average molecular weight is 647 g/mol. The minimum absolute atomic E-state index is 0.00355. The van der Waals surface area contributed by atoms with Crippen LogP contribution in [0, 0.1) is 35.5 Å². The van der Waals surface area contributed by atoms with Crippen molar-refractivity contribution in [3.05, 3.63) is 12.2 Å². The van der Waals surface area contributed by atoms with Crippen molar-refractivity contribution in [1.29, 1.82) is 0 Å². The molecule has 0 heterocycles. The number of ether oxygens (including phenoxy) is 3. The van der Waals surface area contributed by atoms with Crippen molar-refractivity contribution in [2.75, 3.05) is 14.2 Å². The monoisotopic (exact) mass is 646 g/mol. The number of halogens is 4. The van der Waals surface area contributed by atoms with Crippen molar-refractivity contribution in [3.8, 4) is 0 Å². The Labute approximate surface area is 187 Å². The molecule has 0 aliphatic heterocycles. The minimum atomic E-state index is -2.18. The molecule has 0 N–H and O–H groups in total. The molecule has 4 aliphatic rings. The number of alkyl halides is 3. The molecule has 6 nitrogen and oxygen atoms in total. The Bertz CT molecular complexity index is 680. The molecule has 0 aromatic carbocycles. The first-order valence-electron chi connectivity index (χ1n) is 8.35. The van der Waals surface area contributed by atoms with Crippen LogP contribution in [0.3, 0.4) is 0 Å². The van der Waals surface area contributed by atoms with Gasteiger partial charge in [0.1, 0.15) is 0 Å². The fourth-order valence-electron chi connectivity index (χ4n) is 5.02. The third kappa shape index (κ3) is 3.62. The Hall–Kier alpha value is 0.245. The van der Waals surface area contributed by atoms with E-state index in [1.807, 2.05) is 12.2 Å². The first-order valence-corrected chi connectivity index (χ1v) is 19.4. The van der Waals surface area contributed by atoms with Gasteiger partial charge >= 0.3 is 188 Å². The van der Waals surface area contributed by atoms with Crippen LogP contribution in [0.15, 0.2) is 12.2 Å². The van der Waals surface area contributed by atoms with Gasteiger partial charge in [-0.15, -0.1) is 0 Å². The van der Waals surface area contributed by atoms with Crippen molar-refractivity contribution in [3.63, 3.8) is 0 Å². The van der Waals surface area contributed by atoms with E-state index >= 15 is 0 Å². The van der Waals surface area contributed by atoms with Gasteiger partial charge in [0.15, 0.2) is 0 Å². The standard InChI is InChI=1S/C16H16Cl3O6.ClH.Hg/c1-23-13(20)11-6-3-4-7(12(11)14(21)24-2)10-8(6)5-9(10)25-15(22)16(17,18)19;;/h3-12H,1-2H3;1H;/q;;+1/p-1/t6-,7+,8+,9-,10-,11-,12+;;/m1../s1. The molecule has 0 spiro atoms. The molecule has 0 aromatic heterocycles. The summed E-state index contributed by atoms with van der Waals surface area (Å²) in [6, 6.07) is 0. The topological polar surface area (TPSA) is 78.9 Å². The van der Waals surface area contributed by atoms with Crippen molar-refractivity contribution in [2.24, 2.45) is 35.5 Å². The van der Waals surface area contributed by atoms with Gasteiger partial charge in [-0.1, -0.05) is 0 Å². The van der Waals surface area contributed by atoms with E-state index < -0.39 is 63.0 Å². The molecule has 2 bridgehead atoms. The maximum absolute atomic E-state index is 12.5. The summed E-state index contributed by atoms with van der Waals surface area (Å²) >= 11 is 15.0. The molecule has 0 amide bonds. The first kappa shape index (κ1) is 21.9. The van der Waals surface area contributed by atoms with Crippen LogP contribution < -0.4 is 0 Å². The molecule has 0 unspecified atom stereocenters. The maximum atomic E-state index is 12.5. The predicted molar refractivity (Wildman–Crippen MR) is 93.9 cm³/mol. The SMILES string of the molecule is COC(=O)[C@@H]1[C@@H]2C=C[C@H]([C@@H]1C(=O)OC)[C@H]1[C@H](OC(=O)C(Cl)(Cl)Cl)[C@@H]([Hg][Cl])[C@@H]21. The van der Waals surface area contributed by atoms with Crippen molar-refractivity contribution < 1.29 is 51.9 Å². The summed E-state index contributed by atoms with van der Waals surface area (Å²) in [5.74, 6) is -3.90. The van der Waals surface area contributed by atoms with E-state index in [0.717, 1.165) is 0 Å². The number of carbonyl (C=O) groups is 3. The van der Waals surface area contributed by atoms with Crippen molar-refractivity contribution >= 4 is 61.0 Å². The van der Waals surface area contributed by atoms with E-state index in [2.05, 4.69) is 0 Å². The van der Waals surface area contributed by atoms with Crippen molar-refractivity contribution in [2.45, 2.75) is 13.3 Å². The average Bonchev–Trinajstić information content (AvgIpc) is 2.63. The molecular weight excluding hydrogens is 631 g/mol. The Morgan fingerprint density at radius 2 is 1.41 bits per heavy atom. The van der Waals surface area contributed by atoms with Crippen LogP contribution in [0.2, 0.25) is 3.43 Å².